The Morgan fingerprint density at radius 2 is 0.981 bits per heavy atom. The number of aryl methyl sites for hydroxylation is 1. The molecule has 0 bridgehead atoms. The molecule has 0 spiro atoms. The van der Waals surface area contributed by atoms with Crippen molar-refractivity contribution in [2.75, 3.05) is 9.80 Å². The van der Waals surface area contributed by atoms with Gasteiger partial charge >= 0.3 is 0 Å². The molecule has 1 saturated carbocycles. The molecule has 8 aromatic carbocycles. The second kappa shape index (κ2) is 12.5. The summed E-state index contributed by atoms with van der Waals surface area (Å²) in [6.07, 6.45) is 6.47. The van der Waals surface area contributed by atoms with Gasteiger partial charge in [-0.25, -0.2) is 0 Å². The molecule has 0 saturated heterocycles. The van der Waals surface area contributed by atoms with Crippen LogP contribution in [-0.4, -0.2) is 6.71 Å². The van der Waals surface area contributed by atoms with Crippen LogP contribution in [0.2, 0.25) is 0 Å². The Bertz CT molecular complexity index is 2670. The van der Waals surface area contributed by atoms with Gasteiger partial charge in [0.25, 0.3) is 6.71 Å². The van der Waals surface area contributed by atoms with E-state index >= 15 is 0 Å². The second-order valence-corrected chi connectivity index (χ2v) is 15.6. The highest BCUT2D eigenvalue weighted by Crippen LogP contribution is 2.47. The molecule has 0 unspecified atom stereocenters. The molecule has 11 rings (SSSR count). The van der Waals surface area contributed by atoms with Gasteiger partial charge in [0, 0.05) is 34.1 Å². The Labute approximate surface area is 318 Å². The maximum atomic E-state index is 2.57. The Balaban J connectivity index is 1.15. The van der Waals surface area contributed by atoms with E-state index in [4.69, 9.17) is 0 Å². The van der Waals surface area contributed by atoms with Crippen LogP contribution in [0.15, 0.2) is 164 Å². The zero-order valence-electron chi connectivity index (χ0n) is 30.7. The standard InChI is InChI=1S/C51H41BN2/c1-34-23-27-40(28-24-34)53-46-21-11-9-19-44(46)52-45-20-10-12-22-47(45)54(49-33-39(32-48(53)51(49)52)35-13-3-2-4-14-35)41-29-25-36(26-30-41)50-42-17-7-5-15-37(42)31-38-16-6-8-18-43(38)50/h5-12,15-33,35H,2-4,13-14H2,1H3. The molecular formula is C51H41BN2. The molecule has 0 atom stereocenters. The molecule has 2 nitrogen and oxygen atoms in total. The van der Waals surface area contributed by atoms with Gasteiger partial charge in [0.1, 0.15) is 0 Å². The second-order valence-electron chi connectivity index (χ2n) is 15.6. The summed E-state index contributed by atoms with van der Waals surface area (Å²) in [6.45, 7) is 2.32. The Hall–Kier alpha value is -6.06. The molecule has 2 heterocycles. The van der Waals surface area contributed by atoms with Gasteiger partial charge in [-0.3, -0.25) is 0 Å². The summed E-state index contributed by atoms with van der Waals surface area (Å²) in [5.41, 5.74) is 17.0. The van der Waals surface area contributed by atoms with Crippen molar-refractivity contribution >= 4 is 78.8 Å². The van der Waals surface area contributed by atoms with Gasteiger partial charge < -0.3 is 9.80 Å². The molecule has 8 aromatic rings. The van der Waals surface area contributed by atoms with Gasteiger partial charge in [0.15, 0.2) is 0 Å². The highest BCUT2D eigenvalue weighted by Gasteiger charge is 2.43. The number of hydrogen-bond donors (Lipinski definition) is 0. The van der Waals surface area contributed by atoms with E-state index < -0.39 is 0 Å². The van der Waals surface area contributed by atoms with Crippen molar-refractivity contribution in [2.24, 2.45) is 0 Å². The topological polar surface area (TPSA) is 6.48 Å². The lowest BCUT2D eigenvalue weighted by molar-refractivity contribution is 0.444. The third-order valence-corrected chi connectivity index (χ3v) is 12.5. The van der Waals surface area contributed by atoms with Gasteiger partial charge in [-0.15, -0.1) is 0 Å². The minimum absolute atomic E-state index is 0.141. The summed E-state index contributed by atoms with van der Waals surface area (Å²) in [5.74, 6) is 0.567. The van der Waals surface area contributed by atoms with Crippen molar-refractivity contribution in [3.63, 3.8) is 0 Å². The summed E-state index contributed by atoms with van der Waals surface area (Å²) in [4.78, 5) is 5.13. The number of fused-ring (bicyclic) bond motifs is 6. The van der Waals surface area contributed by atoms with E-state index in [1.54, 1.807) is 0 Å². The van der Waals surface area contributed by atoms with Crippen LogP contribution in [0.1, 0.15) is 49.1 Å². The van der Waals surface area contributed by atoms with E-state index in [-0.39, 0.29) is 6.71 Å². The zero-order chi connectivity index (χ0) is 35.8. The normalized spacial score (nSPS) is 14.9. The van der Waals surface area contributed by atoms with Crippen LogP contribution >= 0.6 is 0 Å². The predicted molar refractivity (Wildman–Crippen MR) is 231 cm³/mol. The Kier molecular flexibility index (Phi) is 7.30. The molecule has 258 valence electrons. The highest BCUT2D eigenvalue weighted by molar-refractivity contribution is 7.00. The van der Waals surface area contributed by atoms with Crippen LogP contribution in [0.5, 0.6) is 0 Å². The molecule has 0 radical (unpaired) electrons. The molecule has 1 fully saturated rings. The quantitative estimate of drug-likeness (QED) is 0.134. The van der Waals surface area contributed by atoms with E-state index in [1.165, 1.54) is 126 Å². The van der Waals surface area contributed by atoms with E-state index in [9.17, 15) is 0 Å². The summed E-state index contributed by atoms with van der Waals surface area (Å²) in [7, 11) is 0. The van der Waals surface area contributed by atoms with E-state index in [2.05, 4.69) is 181 Å². The van der Waals surface area contributed by atoms with Gasteiger partial charge in [-0.1, -0.05) is 134 Å². The minimum atomic E-state index is 0.141. The first-order valence-electron chi connectivity index (χ1n) is 19.7. The number of para-hydroxylation sites is 2. The number of nitrogens with zero attached hydrogens (tertiary/aromatic N) is 2. The molecule has 0 N–H and O–H groups in total. The SMILES string of the molecule is Cc1ccc(N2c3ccccc3B3c4ccccc4N(c4ccc(-c5c6ccccc6cc6ccccc56)cc4)c4cc(C5CCCCC5)cc2c43)cc1. The Morgan fingerprint density at radius 3 is 1.56 bits per heavy atom. The van der Waals surface area contributed by atoms with Crippen LogP contribution < -0.4 is 26.2 Å². The number of hydrogen-bond acceptors (Lipinski definition) is 2. The molecule has 54 heavy (non-hydrogen) atoms. The maximum Gasteiger partial charge on any atom is 0.252 e. The first-order valence-corrected chi connectivity index (χ1v) is 19.7. The summed E-state index contributed by atoms with van der Waals surface area (Å²) in [5, 5.41) is 5.13. The van der Waals surface area contributed by atoms with Gasteiger partial charge in [0.2, 0.25) is 0 Å². The smallest absolute Gasteiger partial charge is 0.252 e. The van der Waals surface area contributed by atoms with Crippen molar-refractivity contribution in [1.82, 2.24) is 0 Å². The fourth-order valence-corrected chi connectivity index (χ4v) is 9.94. The fourth-order valence-electron chi connectivity index (χ4n) is 9.94. The summed E-state index contributed by atoms with van der Waals surface area (Å²) >= 11 is 0. The summed E-state index contributed by atoms with van der Waals surface area (Å²) in [6, 6.07) is 61.9. The van der Waals surface area contributed by atoms with Crippen molar-refractivity contribution in [1.29, 1.82) is 0 Å². The first kappa shape index (κ1) is 31.5. The van der Waals surface area contributed by atoms with Gasteiger partial charge in [-0.05, 0) is 135 Å². The predicted octanol–water partition coefficient (Wildman–Crippen LogP) is 12.1. The minimum Gasteiger partial charge on any atom is -0.311 e. The zero-order valence-corrected chi connectivity index (χ0v) is 30.7. The average Bonchev–Trinajstić information content (AvgIpc) is 3.23. The van der Waals surface area contributed by atoms with Crippen molar-refractivity contribution in [3.8, 4) is 11.1 Å². The molecule has 0 aromatic heterocycles. The molecule has 3 heteroatoms. The van der Waals surface area contributed by atoms with Crippen LogP contribution in [0.3, 0.4) is 0 Å². The lowest BCUT2D eigenvalue weighted by atomic mass is 9.33. The third-order valence-electron chi connectivity index (χ3n) is 12.5. The summed E-state index contributed by atoms with van der Waals surface area (Å²) < 4.78 is 0. The third kappa shape index (κ3) is 4.88. The number of anilines is 6. The fraction of sp³-hybridized carbons (Fsp3) is 0.137. The van der Waals surface area contributed by atoms with Gasteiger partial charge in [-0.2, -0.15) is 0 Å². The number of benzene rings is 8. The van der Waals surface area contributed by atoms with Gasteiger partial charge in [0.05, 0.1) is 0 Å². The van der Waals surface area contributed by atoms with E-state index in [0.717, 1.165) is 0 Å². The van der Waals surface area contributed by atoms with Crippen LogP contribution in [0.25, 0.3) is 32.7 Å². The van der Waals surface area contributed by atoms with Crippen LogP contribution in [-0.2, 0) is 0 Å². The van der Waals surface area contributed by atoms with Crippen LogP contribution in [0.4, 0.5) is 34.1 Å². The first-order chi connectivity index (χ1) is 26.7. The van der Waals surface area contributed by atoms with Crippen molar-refractivity contribution < 1.29 is 0 Å². The van der Waals surface area contributed by atoms with Crippen LogP contribution in [0, 0.1) is 6.92 Å². The molecule has 2 aliphatic heterocycles. The van der Waals surface area contributed by atoms with E-state index in [1.807, 2.05) is 0 Å². The van der Waals surface area contributed by atoms with Crippen molar-refractivity contribution in [3.05, 3.63) is 175 Å². The largest absolute Gasteiger partial charge is 0.311 e. The molecule has 3 aliphatic rings. The number of rotatable bonds is 4. The molecular weight excluding hydrogens is 651 g/mol. The maximum absolute atomic E-state index is 2.57. The molecule has 0 amide bonds. The highest BCUT2D eigenvalue weighted by atomic mass is 15.2. The lowest BCUT2D eigenvalue weighted by Crippen LogP contribution is -2.61. The monoisotopic (exact) mass is 692 g/mol. The lowest BCUT2D eigenvalue weighted by Gasteiger charge is -2.44. The Morgan fingerprint density at radius 1 is 0.481 bits per heavy atom. The van der Waals surface area contributed by atoms with E-state index in [0.29, 0.717) is 5.92 Å². The van der Waals surface area contributed by atoms with Crippen molar-refractivity contribution in [2.45, 2.75) is 44.9 Å². The molecule has 1 aliphatic carbocycles. The average molecular weight is 693 g/mol.